The van der Waals surface area contributed by atoms with E-state index in [1.165, 1.54) is 18.2 Å². The molecule has 7 nitrogen and oxygen atoms in total. The predicted molar refractivity (Wildman–Crippen MR) is 89.3 cm³/mol. The van der Waals surface area contributed by atoms with Crippen LogP contribution in [0.2, 0.25) is 0 Å². The molecule has 2 heterocycles. The Labute approximate surface area is 139 Å². The molecule has 2 aromatic rings. The van der Waals surface area contributed by atoms with Crippen molar-refractivity contribution in [3.05, 3.63) is 64.0 Å². The second-order valence-electron chi connectivity index (χ2n) is 6.13. The van der Waals surface area contributed by atoms with Gasteiger partial charge in [0.15, 0.2) is 0 Å². The lowest BCUT2D eigenvalue weighted by Crippen LogP contribution is -2.31. The third-order valence-electron chi connectivity index (χ3n) is 4.32. The monoisotopic (exact) mass is 326 g/mol. The number of nitro benzene ring substituents is 1. The summed E-state index contributed by atoms with van der Waals surface area (Å²) in [6, 6.07) is 7.64. The molecule has 1 aliphatic rings. The molecule has 1 amide bonds. The molecule has 2 N–H and O–H groups in total. The Morgan fingerprint density at radius 3 is 2.88 bits per heavy atom. The molecule has 24 heavy (non-hydrogen) atoms. The van der Waals surface area contributed by atoms with Gasteiger partial charge in [0.05, 0.1) is 16.5 Å². The van der Waals surface area contributed by atoms with Crippen LogP contribution < -0.4 is 5.73 Å². The van der Waals surface area contributed by atoms with E-state index in [9.17, 15) is 14.9 Å². The zero-order valence-electron chi connectivity index (χ0n) is 13.3. The normalized spacial score (nSPS) is 20.1. The molecule has 0 bridgehead atoms. The van der Waals surface area contributed by atoms with Crippen molar-refractivity contribution in [3.63, 3.8) is 0 Å². The Hall–Kier alpha value is -2.96. The SMILES string of the molecule is CC1CC(c2cccnc2)N(C(=O)c2cc([N+](=O)[O-])ccc2N)C1. The molecule has 0 saturated carbocycles. The maximum absolute atomic E-state index is 13.0. The minimum atomic E-state index is -0.526. The van der Waals surface area contributed by atoms with Crippen LogP contribution in [0, 0.1) is 16.0 Å². The maximum Gasteiger partial charge on any atom is 0.270 e. The van der Waals surface area contributed by atoms with Gasteiger partial charge in [-0.15, -0.1) is 0 Å². The second kappa shape index (κ2) is 6.27. The van der Waals surface area contributed by atoms with Gasteiger partial charge in [-0.25, -0.2) is 0 Å². The molecule has 1 aromatic carbocycles. The summed E-state index contributed by atoms with van der Waals surface area (Å²) in [5.74, 6) is 0.0495. The van der Waals surface area contributed by atoms with E-state index in [2.05, 4.69) is 11.9 Å². The van der Waals surface area contributed by atoms with Gasteiger partial charge in [-0.1, -0.05) is 13.0 Å². The van der Waals surface area contributed by atoms with Crippen molar-refractivity contribution in [1.82, 2.24) is 9.88 Å². The lowest BCUT2D eigenvalue weighted by atomic mass is 10.0. The van der Waals surface area contributed by atoms with Gasteiger partial charge in [-0.2, -0.15) is 0 Å². The Bertz CT molecular complexity index is 779. The van der Waals surface area contributed by atoms with E-state index in [-0.39, 0.29) is 28.9 Å². The summed E-state index contributed by atoms with van der Waals surface area (Å²) in [6.45, 7) is 2.66. The third kappa shape index (κ3) is 2.92. The van der Waals surface area contributed by atoms with Crippen LogP contribution in [0.1, 0.15) is 35.3 Å². The average Bonchev–Trinajstić information content (AvgIpc) is 2.97. The molecule has 0 aliphatic carbocycles. The minimum absolute atomic E-state index is 0.0973. The van der Waals surface area contributed by atoms with Crippen molar-refractivity contribution in [2.45, 2.75) is 19.4 Å². The van der Waals surface area contributed by atoms with Crippen LogP contribution in [0.25, 0.3) is 0 Å². The van der Waals surface area contributed by atoms with Crippen molar-refractivity contribution >= 4 is 17.3 Å². The number of carbonyl (C=O) groups is 1. The Kier molecular flexibility index (Phi) is 4.16. The number of non-ortho nitro benzene ring substituents is 1. The van der Waals surface area contributed by atoms with Crippen LogP contribution in [-0.2, 0) is 0 Å². The van der Waals surface area contributed by atoms with Gasteiger partial charge in [0.2, 0.25) is 0 Å². The highest BCUT2D eigenvalue weighted by Gasteiger charge is 2.35. The van der Waals surface area contributed by atoms with Gasteiger partial charge in [0.25, 0.3) is 11.6 Å². The average molecular weight is 326 g/mol. The lowest BCUT2D eigenvalue weighted by molar-refractivity contribution is -0.384. The van der Waals surface area contributed by atoms with E-state index in [0.29, 0.717) is 12.5 Å². The number of anilines is 1. The molecule has 1 aromatic heterocycles. The number of aromatic nitrogens is 1. The summed E-state index contributed by atoms with van der Waals surface area (Å²) >= 11 is 0. The number of hydrogen-bond acceptors (Lipinski definition) is 5. The van der Waals surface area contributed by atoms with Crippen LogP contribution in [0.4, 0.5) is 11.4 Å². The molecule has 124 valence electrons. The van der Waals surface area contributed by atoms with Crippen molar-refractivity contribution in [3.8, 4) is 0 Å². The quantitative estimate of drug-likeness (QED) is 0.531. The van der Waals surface area contributed by atoms with E-state index < -0.39 is 4.92 Å². The third-order valence-corrected chi connectivity index (χ3v) is 4.32. The fourth-order valence-electron chi connectivity index (χ4n) is 3.16. The highest BCUT2D eigenvalue weighted by molar-refractivity contribution is 6.00. The predicted octanol–water partition coefficient (Wildman–Crippen LogP) is 2.80. The van der Waals surface area contributed by atoms with Gasteiger partial charge >= 0.3 is 0 Å². The minimum Gasteiger partial charge on any atom is -0.398 e. The van der Waals surface area contributed by atoms with Crippen LogP contribution in [0.15, 0.2) is 42.7 Å². The Balaban J connectivity index is 1.96. The molecular weight excluding hydrogens is 308 g/mol. The molecule has 0 radical (unpaired) electrons. The maximum atomic E-state index is 13.0. The summed E-state index contributed by atoms with van der Waals surface area (Å²) in [5, 5.41) is 11.0. The van der Waals surface area contributed by atoms with Crippen molar-refractivity contribution in [2.24, 2.45) is 5.92 Å². The highest BCUT2D eigenvalue weighted by atomic mass is 16.6. The van der Waals surface area contributed by atoms with Gasteiger partial charge in [0.1, 0.15) is 0 Å². The van der Waals surface area contributed by atoms with Gasteiger partial charge in [0, 0.05) is 36.8 Å². The first kappa shape index (κ1) is 15.9. The highest BCUT2D eigenvalue weighted by Crippen LogP contribution is 2.36. The molecule has 2 unspecified atom stereocenters. The van der Waals surface area contributed by atoms with Gasteiger partial charge in [-0.3, -0.25) is 19.9 Å². The number of likely N-dealkylation sites (tertiary alicyclic amines) is 1. The van der Waals surface area contributed by atoms with Gasteiger partial charge in [-0.05, 0) is 30.0 Å². The summed E-state index contributed by atoms with van der Waals surface area (Å²) in [7, 11) is 0. The number of amides is 1. The lowest BCUT2D eigenvalue weighted by Gasteiger charge is -2.25. The number of rotatable bonds is 3. The largest absolute Gasteiger partial charge is 0.398 e. The van der Waals surface area contributed by atoms with Crippen molar-refractivity contribution < 1.29 is 9.72 Å². The van der Waals surface area contributed by atoms with E-state index in [0.717, 1.165) is 12.0 Å². The van der Waals surface area contributed by atoms with E-state index in [1.807, 2.05) is 12.1 Å². The Morgan fingerprint density at radius 2 is 2.21 bits per heavy atom. The van der Waals surface area contributed by atoms with E-state index >= 15 is 0 Å². The van der Waals surface area contributed by atoms with E-state index in [1.54, 1.807) is 17.3 Å². The van der Waals surface area contributed by atoms with Crippen LogP contribution in [0.3, 0.4) is 0 Å². The zero-order chi connectivity index (χ0) is 17.3. The molecule has 7 heteroatoms. The number of nitrogen functional groups attached to an aromatic ring is 1. The first-order valence-corrected chi connectivity index (χ1v) is 7.72. The number of nitrogens with two attached hydrogens (primary N) is 1. The summed E-state index contributed by atoms with van der Waals surface area (Å²) in [4.78, 5) is 29.3. The summed E-state index contributed by atoms with van der Waals surface area (Å²) in [5.41, 5.74) is 7.13. The zero-order valence-corrected chi connectivity index (χ0v) is 13.3. The molecule has 0 spiro atoms. The molecular formula is C17H18N4O3. The molecule has 1 fully saturated rings. The number of benzene rings is 1. The number of pyridine rings is 1. The summed E-state index contributed by atoms with van der Waals surface area (Å²) in [6.07, 6.45) is 4.26. The number of nitro groups is 1. The first-order chi connectivity index (χ1) is 11.5. The van der Waals surface area contributed by atoms with Crippen LogP contribution >= 0.6 is 0 Å². The van der Waals surface area contributed by atoms with E-state index in [4.69, 9.17) is 5.73 Å². The first-order valence-electron chi connectivity index (χ1n) is 7.72. The number of hydrogen-bond donors (Lipinski definition) is 1. The Morgan fingerprint density at radius 1 is 1.42 bits per heavy atom. The number of carbonyl (C=O) groups excluding carboxylic acids is 1. The van der Waals surface area contributed by atoms with Crippen molar-refractivity contribution in [2.75, 3.05) is 12.3 Å². The standard InChI is InChI=1S/C17H18N4O3/c1-11-7-16(12-3-2-6-19-9-12)20(10-11)17(22)14-8-13(21(23)24)4-5-15(14)18/h2-6,8-9,11,16H,7,10,18H2,1H3. The fraction of sp³-hybridized carbons (Fsp3) is 0.294. The van der Waals surface area contributed by atoms with Crippen molar-refractivity contribution in [1.29, 1.82) is 0 Å². The molecule has 1 saturated heterocycles. The topological polar surface area (TPSA) is 102 Å². The van der Waals surface area contributed by atoms with Crippen LogP contribution in [-0.4, -0.2) is 27.3 Å². The summed E-state index contributed by atoms with van der Waals surface area (Å²) < 4.78 is 0. The fourth-order valence-corrected chi connectivity index (χ4v) is 3.16. The molecule has 3 rings (SSSR count). The molecule has 1 aliphatic heterocycles. The van der Waals surface area contributed by atoms with Crippen LogP contribution in [0.5, 0.6) is 0 Å². The smallest absolute Gasteiger partial charge is 0.270 e. The number of nitrogens with zero attached hydrogens (tertiary/aromatic N) is 3. The second-order valence-corrected chi connectivity index (χ2v) is 6.13. The molecule has 2 atom stereocenters. The van der Waals surface area contributed by atoms with Gasteiger partial charge < -0.3 is 10.6 Å².